The average Bonchev–Trinajstić information content (AvgIpc) is 2.71. The van der Waals surface area contributed by atoms with Crippen LogP contribution in [0.3, 0.4) is 0 Å². The van der Waals surface area contributed by atoms with E-state index in [9.17, 15) is 5.11 Å². The van der Waals surface area contributed by atoms with Crippen molar-refractivity contribution in [3.8, 4) is 17.6 Å². The van der Waals surface area contributed by atoms with Crippen molar-refractivity contribution in [1.29, 1.82) is 0 Å². The van der Waals surface area contributed by atoms with Gasteiger partial charge in [0.25, 0.3) is 0 Å². The normalized spacial score (nSPS) is 10.5. The molecule has 0 aliphatic heterocycles. The van der Waals surface area contributed by atoms with Crippen LogP contribution in [0, 0.1) is 11.8 Å². The lowest BCUT2D eigenvalue weighted by Gasteiger charge is -2.08. The quantitative estimate of drug-likeness (QED) is 0.371. The van der Waals surface area contributed by atoms with Crippen LogP contribution in [0.2, 0.25) is 0 Å². The maximum Gasteiger partial charge on any atom is 0.119 e. The lowest BCUT2D eigenvalue weighted by atomic mass is 9.99. The van der Waals surface area contributed by atoms with E-state index in [1.54, 1.807) is 0 Å². The third-order valence-electron chi connectivity index (χ3n) is 4.71. The van der Waals surface area contributed by atoms with E-state index >= 15 is 0 Å². The van der Waals surface area contributed by atoms with Gasteiger partial charge in [0.1, 0.15) is 5.75 Å². The molecule has 0 amide bonds. The van der Waals surface area contributed by atoms with Gasteiger partial charge in [-0.05, 0) is 63.9 Å². The third kappa shape index (κ3) is 4.44. The minimum atomic E-state index is 0.332. The maximum absolute atomic E-state index is 10.4. The molecule has 0 atom stereocenters. The predicted octanol–water partition coefficient (Wildman–Crippen LogP) is 6.49. The van der Waals surface area contributed by atoms with Gasteiger partial charge in [0.2, 0.25) is 0 Å². The summed E-state index contributed by atoms with van der Waals surface area (Å²) in [6.45, 7) is 0. The predicted molar refractivity (Wildman–Crippen MR) is 120 cm³/mol. The second-order valence-corrected chi connectivity index (χ2v) is 7.73. The van der Waals surface area contributed by atoms with E-state index in [1.807, 2.05) is 48.5 Å². The molecule has 2 heteroatoms. The summed E-state index contributed by atoms with van der Waals surface area (Å²) in [5, 5.41) is 12.5. The molecule has 0 aliphatic carbocycles. The Morgan fingerprint density at radius 3 is 2.32 bits per heavy atom. The summed E-state index contributed by atoms with van der Waals surface area (Å²) in [6, 6.07) is 28.5. The molecule has 4 aromatic rings. The van der Waals surface area contributed by atoms with E-state index in [4.69, 9.17) is 0 Å². The zero-order valence-electron chi connectivity index (χ0n) is 15.3. The van der Waals surface area contributed by atoms with Gasteiger partial charge >= 0.3 is 0 Å². The fraction of sp³-hybridized carbons (Fsp3) is 0.0769. The molecule has 0 saturated heterocycles. The molecule has 0 saturated carbocycles. The van der Waals surface area contributed by atoms with Gasteiger partial charge in [-0.25, -0.2) is 0 Å². The lowest BCUT2D eigenvalue weighted by Crippen LogP contribution is -1.90. The van der Waals surface area contributed by atoms with Crippen molar-refractivity contribution in [2.45, 2.75) is 12.8 Å². The third-order valence-corrected chi connectivity index (χ3v) is 5.24. The molecular weight excluding hydrogens is 408 g/mol. The van der Waals surface area contributed by atoms with Crippen molar-refractivity contribution >= 4 is 26.7 Å². The smallest absolute Gasteiger partial charge is 0.119 e. The summed E-state index contributed by atoms with van der Waals surface area (Å²) in [5.74, 6) is 6.84. The van der Waals surface area contributed by atoms with Crippen molar-refractivity contribution in [1.82, 2.24) is 0 Å². The van der Waals surface area contributed by atoms with Crippen LogP contribution in [0.4, 0.5) is 0 Å². The highest BCUT2D eigenvalue weighted by molar-refractivity contribution is 9.10. The summed E-state index contributed by atoms with van der Waals surface area (Å²) in [7, 11) is 0. The first-order valence-electron chi connectivity index (χ1n) is 9.20. The van der Waals surface area contributed by atoms with E-state index in [0.717, 1.165) is 38.4 Å². The Hall–Kier alpha value is -3.02. The molecule has 1 N–H and O–H groups in total. The summed E-state index contributed by atoms with van der Waals surface area (Å²) in [6.07, 6.45) is 1.43. The molecule has 0 bridgehead atoms. The molecule has 4 rings (SSSR count). The van der Waals surface area contributed by atoms with Gasteiger partial charge in [-0.3, -0.25) is 0 Å². The largest absolute Gasteiger partial charge is 0.508 e. The minimum Gasteiger partial charge on any atom is -0.508 e. The molecule has 28 heavy (non-hydrogen) atoms. The summed E-state index contributed by atoms with van der Waals surface area (Å²) in [5.41, 5.74) is 4.29. The molecule has 4 aromatic carbocycles. The van der Waals surface area contributed by atoms with Crippen LogP contribution in [0.25, 0.3) is 10.8 Å². The van der Waals surface area contributed by atoms with Gasteiger partial charge in [0, 0.05) is 22.9 Å². The van der Waals surface area contributed by atoms with Gasteiger partial charge in [-0.2, -0.15) is 0 Å². The first-order valence-corrected chi connectivity index (χ1v) is 9.99. The first-order chi connectivity index (χ1) is 13.7. The molecule has 0 aromatic heterocycles. The molecule has 0 fully saturated rings. The number of hydrogen-bond donors (Lipinski definition) is 1. The number of benzene rings is 4. The van der Waals surface area contributed by atoms with Crippen LogP contribution in [0.1, 0.15) is 22.3 Å². The Morgan fingerprint density at radius 1 is 0.750 bits per heavy atom. The van der Waals surface area contributed by atoms with Crippen molar-refractivity contribution < 1.29 is 5.11 Å². The minimum absolute atomic E-state index is 0.332. The first kappa shape index (κ1) is 18.3. The molecule has 136 valence electrons. The molecule has 0 radical (unpaired) electrons. The van der Waals surface area contributed by atoms with Crippen molar-refractivity contribution in [2.75, 3.05) is 0 Å². The number of hydrogen-bond acceptors (Lipinski definition) is 1. The summed E-state index contributed by atoms with van der Waals surface area (Å²) < 4.78 is 1.05. The fourth-order valence-corrected chi connectivity index (χ4v) is 3.48. The van der Waals surface area contributed by atoms with Crippen LogP contribution in [-0.2, 0) is 12.8 Å². The van der Waals surface area contributed by atoms with Crippen LogP contribution in [0.15, 0.2) is 89.4 Å². The van der Waals surface area contributed by atoms with Gasteiger partial charge in [-0.15, -0.1) is 0 Å². The van der Waals surface area contributed by atoms with Crippen molar-refractivity contribution in [2.24, 2.45) is 0 Å². The van der Waals surface area contributed by atoms with E-state index in [2.05, 4.69) is 64.2 Å². The lowest BCUT2D eigenvalue weighted by molar-refractivity contribution is 0.470. The maximum atomic E-state index is 10.4. The second kappa shape index (κ2) is 8.33. The average molecular weight is 427 g/mol. The highest BCUT2D eigenvalue weighted by Crippen LogP contribution is 2.28. The number of halogens is 1. The molecule has 0 spiro atoms. The van der Waals surface area contributed by atoms with Crippen LogP contribution in [-0.4, -0.2) is 5.11 Å². The Kier molecular flexibility index (Phi) is 5.46. The molecule has 0 unspecified atom stereocenters. The van der Waals surface area contributed by atoms with Crippen molar-refractivity contribution in [3.05, 3.63) is 112 Å². The number of aromatic hydroxyl groups is 1. The van der Waals surface area contributed by atoms with E-state index < -0.39 is 0 Å². The van der Waals surface area contributed by atoms with Gasteiger partial charge in [-0.1, -0.05) is 76.3 Å². The Balaban J connectivity index is 1.59. The van der Waals surface area contributed by atoms with E-state index in [1.165, 1.54) is 5.56 Å². The standard InChI is InChI=1S/C26H19BrO/c27-25-13-10-21(11-14-25)16-24-17-23-15-20(9-12-22(23)18-26(24)28)8-4-7-19-5-2-1-3-6-19/h1-3,5-6,9-15,17-18,28H,7,16H2. The van der Waals surface area contributed by atoms with Crippen LogP contribution in [0.5, 0.6) is 5.75 Å². The molecular formula is C26H19BrO. The Morgan fingerprint density at radius 2 is 1.54 bits per heavy atom. The van der Waals surface area contributed by atoms with E-state index in [0.29, 0.717) is 12.2 Å². The number of rotatable bonds is 3. The van der Waals surface area contributed by atoms with Crippen LogP contribution >= 0.6 is 15.9 Å². The van der Waals surface area contributed by atoms with Gasteiger partial charge < -0.3 is 5.11 Å². The highest BCUT2D eigenvalue weighted by atomic mass is 79.9. The molecule has 0 aliphatic rings. The zero-order chi connectivity index (χ0) is 19.3. The summed E-state index contributed by atoms with van der Waals surface area (Å²) >= 11 is 3.46. The monoisotopic (exact) mass is 426 g/mol. The topological polar surface area (TPSA) is 20.2 Å². The number of phenols is 1. The van der Waals surface area contributed by atoms with Crippen LogP contribution < -0.4 is 0 Å². The number of fused-ring (bicyclic) bond motifs is 1. The summed E-state index contributed by atoms with van der Waals surface area (Å²) in [4.78, 5) is 0. The Bertz CT molecular complexity index is 1170. The Labute approximate surface area is 173 Å². The SMILES string of the molecule is Oc1cc2ccc(C#CCc3ccccc3)cc2cc1Cc1ccc(Br)cc1. The van der Waals surface area contributed by atoms with Gasteiger partial charge in [0.05, 0.1) is 0 Å². The highest BCUT2D eigenvalue weighted by Gasteiger charge is 2.06. The zero-order valence-corrected chi connectivity index (χ0v) is 16.9. The second-order valence-electron chi connectivity index (χ2n) is 6.81. The number of phenolic OH excluding ortho intramolecular Hbond substituents is 1. The van der Waals surface area contributed by atoms with E-state index in [-0.39, 0.29) is 0 Å². The van der Waals surface area contributed by atoms with Gasteiger partial charge in [0.15, 0.2) is 0 Å². The molecule has 0 heterocycles. The molecule has 1 nitrogen and oxygen atoms in total. The fourth-order valence-electron chi connectivity index (χ4n) is 3.22. The van der Waals surface area contributed by atoms with Crippen molar-refractivity contribution in [3.63, 3.8) is 0 Å².